The molecule has 34 heavy (non-hydrogen) atoms. The molecule has 5 rings (SSSR count). The van der Waals surface area contributed by atoms with Crippen LogP contribution >= 0.6 is 0 Å². The number of rotatable bonds is 5. The zero-order valence-corrected chi connectivity index (χ0v) is 18.9. The first-order valence-corrected chi connectivity index (χ1v) is 11.2. The number of aromatic nitrogens is 1. The second-order valence-corrected chi connectivity index (χ2v) is 8.82. The normalized spacial score (nSPS) is 23.0. The number of benzene rings is 1. The summed E-state index contributed by atoms with van der Waals surface area (Å²) in [6, 6.07) is 3.32. The Morgan fingerprint density at radius 3 is 2.88 bits per heavy atom. The van der Waals surface area contributed by atoms with Crippen LogP contribution in [0.1, 0.15) is 39.3 Å². The van der Waals surface area contributed by atoms with E-state index in [1.165, 1.54) is 23.3 Å². The maximum atomic E-state index is 13.7. The number of fused-ring (bicyclic) bond motifs is 1. The second-order valence-electron chi connectivity index (χ2n) is 8.82. The lowest BCUT2D eigenvalue weighted by molar-refractivity contribution is -0.164. The number of hydrogen-bond acceptors (Lipinski definition) is 5. The van der Waals surface area contributed by atoms with Gasteiger partial charge in [-0.1, -0.05) is 0 Å². The van der Waals surface area contributed by atoms with E-state index in [2.05, 4.69) is 15.6 Å². The third-order valence-electron chi connectivity index (χ3n) is 6.45. The Hall–Kier alpha value is -3.50. The van der Waals surface area contributed by atoms with Gasteiger partial charge in [-0.3, -0.25) is 19.2 Å². The molecule has 10 heteroatoms. The molecule has 1 aromatic carbocycles. The minimum absolute atomic E-state index is 0.0695. The summed E-state index contributed by atoms with van der Waals surface area (Å²) < 4.78 is 19.1. The summed E-state index contributed by atoms with van der Waals surface area (Å²) in [6.07, 6.45) is 2.48. The standard InChI is InChI=1S/C24H25FN4O5/c1-12-19(8-17-16-7-15(25)3-4-18(16)27-22(17)30)26-13(2)21(12)23(31)28-20-11-34-29(24(20)32)9-14-5-6-33-10-14/h3-4,7-8,14,20,26H,5-6,9-11H2,1-2H3,(H,27,30)(H,28,31)/b17-8-/t14-,20?/m1/s1. The van der Waals surface area contributed by atoms with Gasteiger partial charge < -0.3 is 20.4 Å². The third-order valence-corrected chi connectivity index (χ3v) is 6.45. The van der Waals surface area contributed by atoms with Crippen LogP contribution in [0, 0.1) is 25.6 Å². The predicted octanol–water partition coefficient (Wildman–Crippen LogP) is 2.17. The molecule has 2 fully saturated rings. The topological polar surface area (TPSA) is 113 Å². The molecule has 1 unspecified atom stereocenters. The van der Waals surface area contributed by atoms with E-state index in [4.69, 9.17) is 9.57 Å². The molecule has 4 heterocycles. The number of carbonyl (C=O) groups is 3. The molecule has 1 aromatic heterocycles. The molecule has 0 radical (unpaired) electrons. The monoisotopic (exact) mass is 468 g/mol. The Morgan fingerprint density at radius 2 is 2.12 bits per heavy atom. The van der Waals surface area contributed by atoms with Gasteiger partial charge in [-0.15, -0.1) is 0 Å². The number of anilines is 1. The van der Waals surface area contributed by atoms with E-state index in [1.807, 2.05) is 0 Å². The van der Waals surface area contributed by atoms with E-state index >= 15 is 0 Å². The van der Waals surface area contributed by atoms with Crippen LogP contribution in [0.5, 0.6) is 0 Å². The molecule has 3 aliphatic rings. The molecule has 3 amide bonds. The van der Waals surface area contributed by atoms with Crippen molar-refractivity contribution in [2.75, 3.05) is 31.7 Å². The van der Waals surface area contributed by atoms with E-state index in [9.17, 15) is 18.8 Å². The first kappa shape index (κ1) is 22.3. The Kier molecular flexibility index (Phi) is 5.70. The van der Waals surface area contributed by atoms with Crippen molar-refractivity contribution in [1.82, 2.24) is 15.4 Å². The predicted molar refractivity (Wildman–Crippen MR) is 121 cm³/mol. The summed E-state index contributed by atoms with van der Waals surface area (Å²) in [5.74, 6) is -1.26. The van der Waals surface area contributed by atoms with Gasteiger partial charge in [0.2, 0.25) is 0 Å². The highest BCUT2D eigenvalue weighted by atomic mass is 19.1. The number of halogens is 1. The SMILES string of the molecule is Cc1[nH]c(/C=C2\C(=O)Nc3ccc(F)cc32)c(C)c1C(=O)NC1CON(C[C@H]2CCOC2)C1=O. The third kappa shape index (κ3) is 3.99. The first-order chi connectivity index (χ1) is 16.3. The van der Waals surface area contributed by atoms with Crippen molar-refractivity contribution in [3.05, 3.63) is 52.1 Å². The average Bonchev–Trinajstić information content (AvgIpc) is 3.55. The zero-order chi connectivity index (χ0) is 24.0. The molecule has 9 nitrogen and oxygen atoms in total. The van der Waals surface area contributed by atoms with Gasteiger partial charge in [0, 0.05) is 35.2 Å². The number of carbonyl (C=O) groups excluding carboxylic acids is 3. The van der Waals surface area contributed by atoms with E-state index in [0.717, 1.165) is 6.42 Å². The summed E-state index contributed by atoms with van der Waals surface area (Å²) in [4.78, 5) is 46.8. The summed E-state index contributed by atoms with van der Waals surface area (Å²) in [5.41, 5.74) is 3.45. The molecule has 2 atom stereocenters. The van der Waals surface area contributed by atoms with Crippen molar-refractivity contribution in [2.45, 2.75) is 26.3 Å². The molecule has 2 aromatic rings. The van der Waals surface area contributed by atoms with Gasteiger partial charge in [-0.2, -0.15) is 0 Å². The molecule has 0 bridgehead atoms. The van der Waals surface area contributed by atoms with E-state index in [1.54, 1.807) is 19.9 Å². The van der Waals surface area contributed by atoms with Crippen molar-refractivity contribution in [3.63, 3.8) is 0 Å². The van der Waals surface area contributed by atoms with Crippen LogP contribution in [-0.2, 0) is 19.2 Å². The van der Waals surface area contributed by atoms with Gasteiger partial charge in [-0.25, -0.2) is 9.45 Å². The Bertz CT molecular complexity index is 1210. The van der Waals surface area contributed by atoms with E-state index in [0.29, 0.717) is 59.1 Å². The number of nitrogens with one attached hydrogen (secondary N) is 3. The van der Waals surface area contributed by atoms with Crippen molar-refractivity contribution >= 4 is 35.1 Å². The van der Waals surface area contributed by atoms with Crippen molar-refractivity contribution in [3.8, 4) is 0 Å². The lowest BCUT2D eigenvalue weighted by Gasteiger charge is -2.18. The molecule has 178 valence electrons. The summed E-state index contributed by atoms with van der Waals surface area (Å²) in [6.45, 7) is 5.28. The van der Waals surface area contributed by atoms with Crippen molar-refractivity contribution < 1.29 is 28.3 Å². The second kappa shape index (κ2) is 8.69. The molecule has 2 saturated heterocycles. The largest absolute Gasteiger partial charge is 0.381 e. The van der Waals surface area contributed by atoms with Crippen LogP contribution in [0.15, 0.2) is 18.2 Å². The molecular formula is C24H25FN4O5. The van der Waals surface area contributed by atoms with Crippen LogP contribution in [0.25, 0.3) is 11.6 Å². The lowest BCUT2D eigenvalue weighted by Crippen LogP contribution is -2.43. The highest BCUT2D eigenvalue weighted by Crippen LogP contribution is 2.34. The molecule has 0 spiro atoms. The first-order valence-electron chi connectivity index (χ1n) is 11.2. The van der Waals surface area contributed by atoms with Gasteiger partial charge in [-0.05, 0) is 50.1 Å². The van der Waals surface area contributed by atoms with E-state index in [-0.39, 0.29) is 24.3 Å². The molecule has 0 saturated carbocycles. The number of nitrogens with zero attached hydrogens (tertiary/aromatic N) is 1. The minimum atomic E-state index is -0.777. The number of hydroxylamine groups is 2. The fraction of sp³-hybridized carbons (Fsp3) is 0.375. The Labute approximate surface area is 195 Å². The fourth-order valence-electron chi connectivity index (χ4n) is 4.62. The average molecular weight is 468 g/mol. The summed E-state index contributed by atoms with van der Waals surface area (Å²) in [7, 11) is 0. The van der Waals surface area contributed by atoms with E-state index < -0.39 is 17.8 Å². The smallest absolute Gasteiger partial charge is 0.271 e. The Morgan fingerprint density at radius 1 is 1.29 bits per heavy atom. The van der Waals surface area contributed by atoms with Gasteiger partial charge in [0.25, 0.3) is 17.7 Å². The highest BCUT2D eigenvalue weighted by molar-refractivity contribution is 6.34. The van der Waals surface area contributed by atoms with Crippen LogP contribution in [0.4, 0.5) is 10.1 Å². The van der Waals surface area contributed by atoms with Crippen LogP contribution < -0.4 is 10.6 Å². The number of hydrogen-bond donors (Lipinski definition) is 3. The van der Waals surface area contributed by atoms with Gasteiger partial charge >= 0.3 is 0 Å². The number of ether oxygens (including phenoxy) is 1. The van der Waals surface area contributed by atoms with Crippen molar-refractivity contribution in [1.29, 1.82) is 0 Å². The Balaban J connectivity index is 1.33. The zero-order valence-electron chi connectivity index (χ0n) is 18.9. The summed E-state index contributed by atoms with van der Waals surface area (Å²) >= 11 is 0. The fourth-order valence-corrected chi connectivity index (χ4v) is 4.62. The number of aromatic amines is 1. The maximum absolute atomic E-state index is 13.7. The van der Waals surface area contributed by atoms with Gasteiger partial charge in [0.05, 0.1) is 24.3 Å². The quantitative estimate of drug-likeness (QED) is 0.583. The molecule has 3 N–H and O–H groups in total. The number of amides is 3. The van der Waals surface area contributed by atoms with Crippen LogP contribution in [0.3, 0.4) is 0 Å². The van der Waals surface area contributed by atoms with Gasteiger partial charge in [0.1, 0.15) is 18.5 Å². The minimum Gasteiger partial charge on any atom is -0.381 e. The van der Waals surface area contributed by atoms with Crippen LogP contribution in [-0.4, -0.2) is 60.2 Å². The molecule has 0 aliphatic carbocycles. The highest BCUT2D eigenvalue weighted by Gasteiger charge is 2.37. The molecular weight excluding hydrogens is 443 g/mol. The number of H-pyrrole nitrogens is 1. The lowest BCUT2D eigenvalue weighted by atomic mass is 10.0. The molecule has 3 aliphatic heterocycles. The summed E-state index contributed by atoms with van der Waals surface area (Å²) in [5, 5.41) is 6.79. The maximum Gasteiger partial charge on any atom is 0.271 e. The number of aryl methyl sites for hydroxylation is 1. The van der Waals surface area contributed by atoms with Gasteiger partial charge in [0.15, 0.2) is 0 Å². The van der Waals surface area contributed by atoms with Crippen molar-refractivity contribution in [2.24, 2.45) is 5.92 Å². The van der Waals surface area contributed by atoms with Crippen LogP contribution in [0.2, 0.25) is 0 Å².